The molecule has 1 saturated heterocycles. The second-order valence-corrected chi connectivity index (χ2v) is 7.56. The van der Waals surface area contributed by atoms with Crippen LogP contribution in [0.5, 0.6) is 5.75 Å². The van der Waals surface area contributed by atoms with Crippen molar-refractivity contribution in [3.63, 3.8) is 0 Å². The fourth-order valence-electron chi connectivity index (χ4n) is 2.15. The Kier molecular flexibility index (Phi) is 4.95. The molecule has 0 spiro atoms. The first-order valence-corrected chi connectivity index (χ1v) is 9.03. The van der Waals surface area contributed by atoms with E-state index < -0.39 is 21.7 Å². The number of ether oxygens (including phenoxy) is 1. The Hall–Kier alpha value is -2.53. The Morgan fingerprint density at radius 1 is 1.12 bits per heavy atom. The lowest BCUT2D eigenvalue weighted by atomic mass is 10.2. The van der Waals surface area contributed by atoms with Crippen molar-refractivity contribution >= 4 is 41.1 Å². The molecule has 0 amide bonds. The van der Waals surface area contributed by atoms with Gasteiger partial charge in [-0.2, -0.15) is 0 Å². The van der Waals surface area contributed by atoms with Crippen LogP contribution in [0.3, 0.4) is 0 Å². The normalized spacial score (nSPS) is 14.4. The Morgan fingerprint density at radius 2 is 1.84 bits per heavy atom. The molecule has 0 N–H and O–H groups in total. The summed E-state index contributed by atoms with van der Waals surface area (Å²) in [7, 11) is 0. The van der Waals surface area contributed by atoms with Crippen LogP contribution in [0.2, 0.25) is 0 Å². The average Bonchev–Trinajstić information content (AvgIpc) is 3.26. The highest BCUT2D eigenvalue weighted by atomic mass is 32.2. The van der Waals surface area contributed by atoms with Gasteiger partial charge in [0.2, 0.25) is 5.76 Å². The molecule has 1 aliphatic rings. The summed E-state index contributed by atoms with van der Waals surface area (Å²) < 4.78 is 9.99. The summed E-state index contributed by atoms with van der Waals surface area (Å²) >= 11 is 3.19. The number of nitrogens with zero attached hydrogens (tertiary/aromatic N) is 2. The minimum Gasteiger partial charge on any atom is -0.420 e. The molecule has 1 aromatic carbocycles. The summed E-state index contributed by atoms with van der Waals surface area (Å²) in [5.41, 5.74) is 0.424. The van der Waals surface area contributed by atoms with Gasteiger partial charge in [0.15, 0.2) is 0 Å². The van der Waals surface area contributed by atoms with Gasteiger partial charge in [-0.25, -0.2) is 4.79 Å². The highest BCUT2D eigenvalue weighted by Gasteiger charge is 2.27. The van der Waals surface area contributed by atoms with Crippen LogP contribution >= 0.6 is 23.5 Å². The van der Waals surface area contributed by atoms with E-state index in [4.69, 9.17) is 9.15 Å². The Morgan fingerprint density at radius 3 is 2.44 bits per heavy atom. The van der Waals surface area contributed by atoms with Crippen LogP contribution in [0.4, 0.5) is 11.6 Å². The fraction of sp³-hybridized carbons (Fsp3) is 0.214. The fourth-order valence-corrected chi connectivity index (χ4v) is 5.04. The minimum absolute atomic E-state index is 0.0892. The van der Waals surface area contributed by atoms with Crippen LogP contribution in [0, 0.1) is 20.2 Å². The van der Waals surface area contributed by atoms with E-state index >= 15 is 0 Å². The highest BCUT2D eigenvalue weighted by Crippen LogP contribution is 2.49. The summed E-state index contributed by atoms with van der Waals surface area (Å²) in [4.78, 5) is 32.5. The maximum atomic E-state index is 12.1. The SMILES string of the molecule is O=C(Oc1ccc([N+](=O)[O-])cc1C1SCCS1)c1ccc([N+](=O)[O-])o1. The molecule has 0 saturated carbocycles. The van der Waals surface area contributed by atoms with E-state index in [1.165, 1.54) is 18.2 Å². The smallest absolute Gasteiger partial charge is 0.420 e. The summed E-state index contributed by atoms with van der Waals surface area (Å²) in [6, 6.07) is 6.16. The van der Waals surface area contributed by atoms with Gasteiger partial charge in [0.1, 0.15) is 10.7 Å². The van der Waals surface area contributed by atoms with Crippen LogP contribution in [0.25, 0.3) is 0 Å². The molecule has 0 radical (unpaired) electrons. The molecule has 25 heavy (non-hydrogen) atoms. The predicted octanol–water partition coefficient (Wildman–Crippen LogP) is 3.79. The van der Waals surface area contributed by atoms with E-state index in [1.807, 2.05) is 0 Å². The largest absolute Gasteiger partial charge is 0.433 e. The molecule has 1 aliphatic heterocycles. The van der Waals surface area contributed by atoms with E-state index in [1.54, 1.807) is 23.5 Å². The Balaban J connectivity index is 1.88. The summed E-state index contributed by atoms with van der Waals surface area (Å²) in [6.45, 7) is 0. The quantitative estimate of drug-likeness (QED) is 0.328. The molecule has 0 aliphatic carbocycles. The van der Waals surface area contributed by atoms with Gasteiger partial charge in [-0.15, -0.1) is 23.5 Å². The summed E-state index contributed by atoms with van der Waals surface area (Å²) in [5.74, 6) is 0.143. The van der Waals surface area contributed by atoms with Gasteiger partial charge < -0.3 is 9.15 Å². The van der Waals surface area contributed by atoms with Crippen molar-refractivity contribution in [1.29, 1.82) is 0 Å². The topological polar surface area (TPSA) is 126 Å². The first-order valence-electron chi connectivity index (χ1n) is 6.93. The maximum absolute atomic E-state index is 12.1. The molecule has 3 rings (SSSR count). The van der Waals surface area contributed by atoms with E-state index in [0.29, 0.717) is 5.56 Å². The number of hydrogen-bond donors (Lipinski definition) is 0. The number of benzene rings is 1. The zero-order valence-electron chi connectivity index (χ0n) is 12.4. The standard InChI is InChI=1S/C14H10N2O7S2/c17-13(11-3-4-12(22-11)16(20)21)23-10-2-1-8(15(18)19)7-9(10)14-24-5-6-25-14/h1-4,7,14H,5-6H2. The van der Waals surface area contributed by atoms with Crippen molar-refractivity contribution in [2.24, 2.45) is 0 Å². The number of nitro benzene ring substituents is 1. The van der Waals surface area contributed by atoms with E-state index in [0.717, 1.165) is 23.6 Å². The summed E-state index contributed by atoms with van der Waals surface area (Å²) in [5, 5.41) is 21.6. The number of nitro groups is 2. The third kappa shape index (κ3) is 3.77. The average molecular weight is 382 g/mol. The van der Waals surface area contributed by atoms with Gasteiger partial charge in [0.05, 0.1) is 15.6 Å². The molecular weight excluding hydrogens is 372 g/mol. The van der Waals surface area contributed by atoms with Crippen LogP contribution in [-0.4, -0.2) is 27.3 Å². The first-order chi connectivity index (χ1) is 12.0. The van der Waals surface area contributed by atoms with Gasteiger partial charge in [-0.05, 0) is 12.1 Å². The van der Waals surface area contributed by atoms with Gasteiger partial charge in [-0.1, -0.05) is 0 Å². The first kappa shape index (κ1) is 17.3. The van der Waals surface area contributed by atoms with Crippen LogP contribution in [-0.2, 0) is 0 Å². The van der Waals surface area contributed by atoms with Crippen molar-refractivity contribution in [1.82, 2.24) is 0 Å². The Bertz CT molecular complexity index is 845. The monoisotopic (exact) mass is 382 g/mol. The van der Waals surface area contributed by atoms with Crippen molar-refractivity contribution in [2.75, 3.05) is 11.5 Å². The number of rotatable bonds is 5. The zero-order valence-corrected chi connectivity index (χ0v) is 14.1. The number of hydrogen-bond acceptors (Lipinski definition) is 9. The third-order valence-electron chi connectivity index (χ3n) is 3.26. The second kappa shape index (κ2) is 7.15. The van der Waals surface area contributed by atoms with E-state index in [2.05, 4.69) is 0 Å². The van der Waals surface area contributed by atoms with Crippen LogP contribution in [0.15, 0.2) is 34.7 Å². The summed E-state index contributed by atoms with van der Waals surface area (Å²) in [6.07, 6.45) is 0. The van der Waals surface area contributed by atoms with Crippen molar-refractivity contribution in [3.8, 4) is 5.75 Å². The zero-order chi connectivity index (χ0) is 18.0. The molecule has 1 fully saturated rings. The molecule has 0 atom stereocenters. The molecular formula is C14H10N2O7S2. The minimum atomic E-state index is -0.906. The van der Waals surface area contributed by atoms with Gasteiger partial charge in [0.25, 0.3) is 5.69 Å². The lowest BCUT2D eigenvalue weighted by Gasteiger charge is -2.13. The van der Waals surface area contributed by atoms with Gasteiger partial charge in [-0.3, -0.25) is 20.2 Å². The van der Waals surface area contributed by atoms with Gasteiger partial charge in [0, 0.05) is 29.2 Å². The molecule has 2 heterocycles. The van der Waals surface area contributed by atoms with Crippen molar-refractivity contribution in [2.45, 2.75) is 4.58 Å². The number of esters is 1. The lowest BCUT2D eigenvalue weighted by molar-refractivity contribution is -0.402. The molecule has 1 aromatic heterocycles. The van der Waals surface area contributed by atoms with Crippen LogP contribution < -0.4 is 4.74 Å². The Labute approximate surface area is 149 Å². The molecule has 130 valence electrons. The lowest BCUT2D eigenvalue weighted by Crippen LogP contribution is -2.09. The highest BCUT2D eigenvalue weighted by molar-refractivity contribution is 8.19. The number of carbonyl (C=O) groups is 1. The number of thioether (sulfide) groups is 2. The second-order valence-electron chi connectivity index (χ2n) is 4.84. The van der Waals surface area contributed by atoms with E-state index in [-0.39, 0.29) is 21.8 Å². The molecule has 11 heteroatoms. The predicted molar refractivity (Wildman–Crippen MR) is 91.1 cm³/mol. The van der Waals surface area contributed by atoms with E-state index in [9.17, 15) is 25.0 Å². The van der Waals surface area contributed by atoms with Crippen molar-refractivity contribution < 1.29 is 23.8 Å². The van der Waals surface area contributed by atoms with Gasteiger partial charge >= 0.3 is 11.9 Å². The molecule has 2 aromatic rings. The molecule has 0 unspecified atom stereocenters. The molecule has 9 nitrogen and oxygen atoms in total. The van der Waals surface area contributed by atoms with Crippen LogP contribution in [0.1, 0.15) is 20.7 Å². The third-order valence-corrected chi connectivity index (χ3v) is 6.32. The number of non-ortho nitro benzene ring substituents is 1. The van der Waals surface area contributed by atoms with Crippen molar-refractivity contribution in [3.05, 3.63) is 61.9 Å². The maximum Gasteiger partial charge on any atom is 0.433 e. The molecule has 0 bridgehead atoms. The number of carbonyl (C=O) groups excluding carboxylic acids is 1. The number of furan rings is 1.